The fourth-order valence-corrected chi connectivity index (χ4v) is 4.09. The lowest BCUT2D eigenvalue weighted by Gasteiger charge is -2.47. The maximum Gasteiger partial charge on any atom is 0.154 e. The molecule has 2 aromatic heterocycles. The second-order valence-electron chi connectivity index (χ2n) is 7.00. The van der Waals surface area contributed by atoms with Gasteiger partial charge in [0.05, 0.1) is 11.4 Å². The summed E-state index contributed by atoms with van der Waals surface area (Å²) < 4.78 is 1.94. The topological polar surface area (TPSA) is 56.2 Å². The molecule has 4 heteroatoms. The molecule has 0 aliphatic heterocycles. The summed E-state index contributed by atoms with van der Waals surface area (Å²) in [7, 11) is 0. The van der Waals surface area contributed by atoms with Gasteiger partial charge in [-0.15, -0.1) is 0 Å². The highest BCUT2D eigenvalue weighted by Gasteiger charge is 2.48. The van der Waals surface area contributed by atoms with Gasteiger partial charge in [-0.2, -0.15) is 5.10 Å². The van der Waals surface area contributed by atoms with Gasteiger partial charge in [0.2, 0.25) is 0 Å². The van der Waals surface area contributed by atoms with Gasteiger partial charge < -0.3 is 5.73 Å². The molecule has 0 saturated heterocycles. The first-order valence-corrected chi connectivity index (χ1v) is 9.01. The molecule has 1 aliphatic rings. The summed E-state index contributed by atoms with van der Waals surface area (Å²) in [6, 6.07) is 24.7. The van der Waals surface area contributed by atoms with E-state index in [0.717, 1.165) is 35.4 Å². The lowest BCUT2D eigenvalue weighted by Crippen LogP contribution is -2.50. The second kappa shape index (κ2) is 5.78. The zero-order chi connectivity index (χ0) is 17.6. The molecule has 4 aromatic rings. The van der Waals surface area contributed by atoms with E-state index < -0.39 is 0 Å². The van der Waals surface area contributed by atoms with Crippen molar-refractivity contribution in [3.63, 3.8) is 0 Å². The molecule has 0 amide bonds. The molecule has 5 rings (SSSR count). The predicted molar refractivity (Wildman–Crippen MR) is 103 cm³/mol. The Bertz CT molecular complexity index is 1060. The van der Waals surface area contributed by atoms with E-state index in [1.165, 1.54) is 5.56 Å². The van der Waals surface area contributed by atoms with Crippen LogP contribution < -0.4 is 5.73 Å². The van der Waals surface area contributed by atoms with Gasteiger partial charge in [0.15, 0.2) is 5.65 Å². The molecule has 2 aromatic carbocycles. The van der Waals surface area contributed by atoms with Crippen molar-refractivity contribution in [2.75, 3.05) is 0 Å². The highest BCUT2D eigenvalue weighted by Crippen LogP contribution is 2.52. The molecule has 128 valence electrons. The molecular formula is C22H20N4. The third-order valence-electron chi connectivity index (χ3n) is 5.58. The van der Waals surface area contributed by atoms with Crippen LogP contribution in [0.2, 0.25) is 0 Å². The van der Waals surface area contributed by atoms with Gasteiger partial charge in [0, 0.05) is 23.2 Å². The zero-order valence-corrected chi connectivity index (χ0v) is 14.4. The van der Waals surface area contributed by atoms with Gasteiger partial charge >= 0.3 is 0 Å². The van der Waals surface area contributed by atoms with Crippen LogP contribution in [0.3, 0.4) is 0 Å². The first-order chi connectivity index (χ1) is 12.8. The fraction of sp³-hybridized carbons (Fsp3) is 0.182. The Morgan fingerprint density at radius 2 is 1.65 bits per heavy atom. The summed E-state index contributed by atoms with van der Waals surface area (Å²) in [6.45, 7) is 0. The number of benzene rings is 2. The van der Waals surface area contributed by atoms with E-state index in [1.54, 1.807) is 6.20 Å². The monoisotopic (exact) mass is 340 g/mol. The summed E-state index contributed by atoms with van der Waals surface area (Å²) in [5.74, 6) is 0.182. The van der Waals surface area contributed by atoms with Crippen LogP contribution in [0.15, 0.2) is 79.0 Å². The molecule has 0 spiro atoms. The number of imidazole rings is 1. The number of nitrogens with zero attached hydrogens (tertiary/aromatic N) is 3. The maximum atomic E-state index is 6.90. The number of aromatic nitrogens is 3. The lowest BCUT2D eigenvalue weighted by atomic mass is 9.62. The van der Waals surface area contributed by atoms with Crippen molar-refractivity contribution >= 4 is 5.65 Å². The van der Waals surface area contributed by atoms with Crippen LogP contribution in [0.25, 0.3) is 16.9 Å². The van der Waals surface area contributed by atoms with Crippen LogP contribution >= 0.6 is 0 Å². The van der Waals surface area contributed by atoms with Gasteiger partial charge in [-0.3, -0.25) is 0 Å². The first kappa shape index (κ1) is 15.3. The predicted octanol–water partition coefficient (Wildman–Crippen LogP) is 4.13. The summed E-state index contributed by atoms with van der Waals surface area (Å²) in [6.07, 6.45) is 3.81. The van der Waals surface area contributed by atoms with E-state index in [2.05, 4.69) is 53.6 Å². The minimum Gasteiger partial charge on any atom is -0.321 e. The number of hydrogen-bond acceptors (Lipinski definition) is 3. The highest BCUT2D eigenvalue weighted by molar-refractivity contribution is 5.68. The standard InChI is InChI=1S/C22H20N4/c23-22(17-10-5-2-6-11-17)14-13-18(22)20-21(16-8-3-1-4-9-16)26-19(25-20)12-7-15-24-26/h1-12,15,18H,13-14,23H2. The molecule has 0 radical (unpaired) electrons. The van der Waals surface area contributed by atoms with Crippen LogP contribution in [-0.4, -0.2) is 14.6 Å². The molecule has 2 atom stereocenters. The minimum atomic E-state index is -0.372. The molecule has 0 bridgehead atoms. The zero-order valence-electron chi connectivity index (χ0n) is 14.4. The van der Waals surface area contributed by atoms with Gasteiger partial charge in [0.1, 0.15) is 0 Å². The molecular weight excluding hydrogens is 320 g/mol. The molecule has 4 nitrogen and oxygen atoms in total. The van der Waals surface area contributed by atoms with E-state index in [1.807, 2.05) is 28.8 Å². The SMILES string of the molecule is NC1(c2ccccc2)CCC1c1nc2cccnn2c1-c1ccccc1. The molecule has 2 heterocycles. The summed E-state index contributed by atoms with van der Waals surface area (Å²) in [5, 5.41) is 4.55. The molecule has 26 heavy (non-hydrogen) atoms. The summed E-state index contributed by atoms with van der Waals surface area (Å²) in [4.78, 5) is 4.95. The number of hydrogen-bond donors (Lipinski definition) is 1. The van der Waals surface area contributed by atoms with Crippen molar-refractivity contribution in [1.82, 2.24) is 14.6 Å². The molecule has 1 fully saturated rings. The van der Waals surface area contributed by atoms with E-state index in [-0.39, 0.29) is 11.5 Å². The Labute approximate surface area is 152 Å². The molecule has 2 N–H and O–H groups in total. The Morgan fingerprint density at radius 3 is 2.35 bits per heavy atom. The quantitative estimate of drug-likeness (QED) is 0.610. The third-order valence-corrected chi connectivity index (χ3v) is 5.58. The number of nitrogens with two attached hydrogens (primary N) is 1. The maximum absolute atomic E-state index is 6.90. The van der Waals surface area contributed by atoms with E-state index >= 15 is 0 Å². The minimum absolute atomic E-state index is 0.182. The fourth-order valence-electron chi connectivity index (χ4n) is 4.09. The number of fused-ring (bicyclic) bond motifs is 1. The van der Waals surface area contributed by atoms with E-state index in [4.69, 9.17) is 10.7 Å². The Hall–Kier alpha value is -2.98. The van der Waals surface area contributed by atoms with Crippen LogP contribution in [0, 0.1) is 0 Å². The number of rotatable bonds is 3. The first-order valence-electron chi connectivity index (χ1n) is 9.01. The second-order valence-corrected chi connectivity index (χ2v) is 7.00. The summed E-state index contributed by atoms with van der Waals surface area (Å²) >= 11 is 0. The van der Waals surface area contributed by atoms with Crippen molar-refractivity contribution in [2.45, 2.75) is 24.3 Å². The molecule has 2 unspecified atom stereocenters. The van der Waals surface area contributed by atoms with Crippen molar-refractivity contribution in [1.29, 1.82) is 0 Å². The van der Waals surface area contributed by atoms with Crippen LogP contribution in [0.5, 0.6) is 0 Å². The largest absolute Gasteiger partial charge is 0.321 e. The van der Waals surface area contributed by atoms with Gasteiger partial charge in [-0.1, -0.05) is 60.7 Å². The Kier molecular flexibility index (Phi) is 3.40. The normalized spacial score (nSPS) is 22.3. The van der Waals surface area contributed by atoms with E-state index in [0.29, 0.717) is 0 Å². The smallest absolute Gasteiger partial charge is 0.154 e. The van der Waals surface area contributed by atoms with E-state index in [9.17, 15) is 0 Å². The van der Waals surface area contributed by atoms with Gasteiger partial charge in [-0.05, 0) is 30.5 Å². The molecule has 1 aliphatic carbocycles. The van der Waals surface area contributed by atoms with Crippen LogP contribution in [0.4, 0.5) is 0 Å². The van der Waals surface area contributed by atoms with Crippen LogP contribution in [-0.2, 0) is 5.54 Å². The highest BCUT2D eigenvalue weighted by atomic mass is 15.3. The van der Waals surface area contributed by atoms with Crippen molar-refractivity contribution < 1.29 is 0 Å². The average molecular weight is 340 g/mol. The van der Waals surface area contributed by atoms with Crippen molar-refractivity contribution in [3.8, 4) is 11.3 Å². The summed E-state index contributed by atoms with van der Waals surface area (Å²) in [5.41, 5.74) is 11.8. The average Bonchev–Trinajstić information content (AvgIpc) is 3.06. The van der Waals surface area contributed by atoms with Gasteiger partial charge in [0.25, 0.3) is 0 Å². The Balaban J connectivity index is 1.70. The Morgan fingerprint density at radius 1 is 0.923 bits per heavy atom. The molecule has 1 saturated carbocycles. The lowest BCUT2D eigenvalue weighted by molar-refractivity contribution is 0.195. The van der Waals surface area contributed by atoms with Crippen molar-refractivity contribution in [2.24, 2.45) is 5.73 Å². The van der Waals surface area contributed by atoms with Gasteiger partial charge in [-0.25, -0.2) is 9.50 Å². The third kappa shape index (κ3) is 2.19. The van der Waals surface area contributed by atoms with Crippen LogP contribution in [0.1, 0.15) is 30.0 Å². The van der Waals surface area contributed by atoms with Crippen molar-refractivity contribution in [3.05, 3.63) is 90.3 Å².